The number of amides is 3. The molecule has 6 N–H and O–H groups in total. The quantitative estimate of drug-likeness (QED) is 0.171. The normalized spacial score (nSPS) is 13.2. The number of carboxylic acid groups (broad SMARTS) is 2. The van der Waals surface area contributed by atoms with Crippen LogP contribution in [0.3, 0.4) is 0 Å². The number of aliphatic hydroxyl groups excluding tert-OH is 1. The van der Waals surface area contributed by atoms with Gasteiger partial charge in [-0.05, 0) is 6.92 Å². The monoisotopic (exact) mass is 407 g/mol. The maximum Gasteiger partial charge on any atom is 0.413 e. The molecule has 0 fully saturated rings. The smallest absolute Gasteiger partial charge is 0.413 e. The highest BCUT2D eigenvalue weighted by atomic mass is 32.2. The first-order valence-corrected chi connectivity index (χ1v) is 8.52. The number of nitrogens with one attached hydrogen (secondary N) is 1. The average Bonchev–Trinajstić information content (AvgIpc) is 2.58. The number of carbonyl (C=O) groups excluding carboxylic acids is 3. The number of thioether (sulfide) groups is 1. The van der Waals surface area contributed by atoms with Crippen molar-refractivity contribution in [2.75, 3.05) is 19.4 Å². The molecule has 0 spiro atoms. The first kappa shape index (κ1) is 24.2. The molecule has 0 heterocycles. The van der Waals surface area contributed by atoms with Gasteiger partial charge in [0.1, 0.15) is 6.04 Å². The second kappa shape index (κ2) is 11.7. The molecule has 13 heteroatoms. The summed E-state index contributed by atoms with van der Waals surface area (Å²) < 4.78 is 4.55. The highest BCUT2D eigenvalue weighted by Gasteiger charge is 2.29. The lowest BCUT2D eigenvalue weighted by molar-refractivity contribution is -0.141. The number of ether oxygens (including phenoxy) is 1. The van der Waals surface area contributed by atoms with Gasteiger partial charge in [0.2, 0.25) is 11.7 Å². The van der Waals surface area contributed by atoms with Gasteiger partial charge in [-0.3, -0.25) is 14.4 Å². The summed E-state index contributed by atoms with van der Waals surface area (Å²) in [5.41, 5.74) is 5.40. The number of carboxylic acids is 1. The van der Waals surface area contributed by atoms with E-state index in [9.17, 15) is 29.1 Å². The number of likely N-dealkylation sites (N-methyl/N-ethyl adjacent to an activating group) is 1. The average molecular weight is 407 g/mol. The molecule has 2 unspecified atom stereocenters. The lowest BCUT2D eigenvalue weighted by Gasteiger charge is -2.22. The Morgan fingerprint density at radius 3 is 2.30 bits per heavy atom. The van der Waals surface area contributed by atoms with Crippen LogP contribution in [0.2, 0.25) is 0 Å². The summed E-state index contributed by atoms with van der Waals surface area (Å²) in [7, 11) is 0.956. The van der Waals surface area contributed by atoms with E-state index < -0.39 is 54.1 Å². The van der Waals surface area contributed by atoms with E-state index in [2.05, 4.69) is 10.1 Å². The maximum absolute atomic E-state index is 12.2. The minimum atomic E-state index is -1.58. The van der Waals surface area contributed by atoms with Gasteiger partial charge in [-0.1, -0.05) is 0 Å². The van der Waals surface area contributed by atoms with Gasteiger partial charge < -0.3 is 31.1 Å². The van der Waals surface area contributed by atoms with Crippen molar-refractivity contribution < 1.29 is 44.0 Å². The number of nitrogens with two attached hydrogens (primary N) is 1. The van der Waals surface area contributed by atoms with Crippen LogP contribution in [0.1, 0.15) is 13.3 Å². The predicted molar refractivity (Wildman–Crippen MR) is 92.8 cm³/mol. The van der Waals surface area contributed by atoms with E-state index in [1.165, 1.54) is 6.92 Å². The molecule has 0 aliphatic carbocycles. The fourth-order valence-electron chi connectivity index (χ4n) is 1.54. The summed E-state index contributed by atoms with van der Waals surface area (Å²) in [5.74, 6) is -5.34. The zero-order valence-corrected chi connectivity index (χ0v) is 15.4. The van der Waals surface area contributed by atoms with Crippen molar-refractivity contribution in [3.8, 4) is 0 Å². The molecule has 0 aliphatic rings. The number of esters is 1. The summed E-state index contributed by atoms with van der Waals surface area (Å²) in [5, 5.41) is 30.1. The zero-order chi connectivity index (χ0) is 21.1. The van der Waals surface area contributed by atoms with Crippen molar-refractivity contribution in [2.45, 2.75) is 25.4 Å². The Kier molecular flexibility index (Phi) is 10.5. The number of aliphatic hydroxyl groups is 1. The van der Waals surface area contributed by atoms with Crippen molar-refractivity contribution >= 4 is 41.6 Å². The maximum atomic E-state index is 12.2. The van der Waals surface area contributed by atoms with Crippen LogP contribution in [-0.4, -0.2) is 81.6 Å². The summed E-state index contributed by atoms with van der Waals surface area (Å²) in [4.78, 5) is 57.2. The first-order chi connectivity index (χ1) is 12.5. The van der Waals surface area contributed by atoms with E-state index in [4.69, 9.17) is 15.9 Å². The molecule has 0 saturated carbocycles. The fourth-order valence-corrected chi connectivity index (χ4v) is 2.31. The zero-order valence-electron chi connectivity index (χ0n) is 14.6. The van der Waals surface area contributed by atoms with Crippen LogP contribution in [0.15, 0.2) is 11.2 Å². The lowest BCUT2D eigenvalue weighted by Crippen LogP contribution is -2.54. The predicted octanol–water partition coefficient (Wildman–Crippen LogP) is -0.895. The topological polar surface area (TPSA) is 197 Å². The van der Waals surface area contributed by atoms with E-state index in [1.54, 1.807) is 0 Å². The minimum Gasteiger partial charge on any atom is -0.501 e. The molecule has 0 radical (unpaired) electrons. The molecule has 0 aromatic carbocycles. The molecule has 0 bridgehead atoms. The molecule has 0 aliphatic heterocycles. The molecule has 3 amide bonds. The standard InChI is InChI=1S/C14H21N3O9S/c1-3-26-13(23)9(18)6-27-5-8(12(22)17(2)14(24)25)16-11(21)7(15)4-10(19)20/h6-8,18H,3-5,15H2,1-2H3,(H,16,21)(H,19,20)(H,24,25). The Morgan fingerprint density at radius 2 is 1.81 bits per heavy atom. The molecule has 27 heavy (non-hydrogen) atoms. The summed E-state index contributed by atoms with van der Waals surface area (Å²) in [6.07, 6.45) is -2.28. The van der Waals surface area contributed by atoms with Crippen molar-refractivity contribution in [1.82, 2.24) is 10.2 Å². The van der Waals surface area contributed by atoms with Crippen LogP contribution in [0.5, 0.6) is 0 Å². The van der Waals surface area contributed by atoms with Gasteiger partial charge in [0, 0.05) is 18.2 Å². The molecular formula is C14H21N3O9S. The summed E-state index contributed by atoms with van der Waals surface area (Å²) in [6.45, 7) is 1.56. The van der Waals surface area contributed by atoms with Gasteiger partial charge in [-0.15, -0.1) is 11.8 Å². The highest BCUT2D eigenvalue weighted by Crippen LogP contribution is 2.11. The van der Waals surface area contributed by atoms with Crippen LogP contribution in [0.25, 0.3) is 0 Å². The molecular weight excluding hydrogens is 386 g/mol. The molecule has 2 atom stereocenters. The van der Waals surface area contributed by atoms with Crippen LogP contribution >= 0.6 is 11.8 Å². The number of imide groups is 1. The van der Waals surface area contributed by atoms with Crippen molar-refractivity contribution in [2.24, 2.45) is 5.73 Å². The van der Waals surface area contributed by atoms with Gasteiger partial charge >= 0.3 is 18.0 Å². The van der Waals surface area contributed by atoms with Gasteiger partial charge in [0.05, 0.1) is 19.1 Å². The second-order valence-electron chi connectivity index (χ2n) is 5.00. The van der Waals surface area contributed by atoms with E-state index in [1.807, 2.05) is 0 Å². The van der Waals surface area contributed by atoms with Crippen LogP contribution < -0.4 is 11.1 Å². The van der Waals surface area contributed by atoms with Gasteiger partial charge in [0.25, 0.3) is 5.91 Å². The van der Waals surface area contributed by atoms with Crippen LogP contribution in [0, 0.1) is 0 Å². The SMILES string of the molecule is CCOC(=O)C(O)=CSCC(NC(=O)C(N)CC(=O)O)C(=O)N(C)C(=O)O. The molecule has 12 nitrogen and oxygen atoms in total. The van der Waals surface area contributed by atoms with Gasteiger partial charge in [-0.25, -0.2) is 14.5 Å². The van der Waals surface area contributed by atoms with Crippen molar-refractivity contribution in [3.63, 3.8) is 0 Å². The van der Waals surface area contributed by atoms with Crippen LogP contribution in [0.4, 0.5) is 4.79 Å². The number of hydrogen-bond donors (Lipinski definition) is 5. The van der Waals surface area contributed by atoms with E-state index in [-0.39, 0.29) is 12.4 Å². The largest absolute Gasteiger partial charge is 0.501 e. The first-order valence-electron chi connectivity index (χ1n) is 7.47. The molecule has 0 rings (SSSR count). The number of carbonyl (C=O) groups is 5. The van der Waals surface area contributed by atoms with Crippen LogP contribution in [-0.2, 0) is 23.9 Å². The number of nitrogens with zero attached hydrogens (tertiary/aromatic N) is 1. The Morgan fingerprint density at radius 1 is 1.22 bits per heavy atom. The number of aliphatic carboxylic acids is 1. The molecule has 0 aromatic rings. The number of rotatable bonds is 10. The van der Waals surface area contributed by atoms with E-state index in [0.29, 0.717) is 4.90 Å². The Bertz CT molecular complexity index is 623. The highest BCUT2D eigenvalue weighted by molar-refractivity contribution is 8.02. The van der Waals surface area contributed by atoms with Crippen molar-refractivity contribution in [3.05, 3.63) is 11.2 Å². The molecule has 0 aromatic heterocycles. The Hall–Kier alpha value is -2.80. The van der Waals surface area contributed by atoms with Crippen molar-refractivity contribution in [1.29, 1.82) is 0 Å². The summed E-state index contributed by atoms with van der Waals surface area (Å²) >= 11 is 0.724. The Balaban J connectivity index is 5.15. The van der Waals surface area contributed by atoms with E-state index in [0.717, 1.165) is 24.2 Å². The number of hydrogen-bond acceptors (Lipinski definition) is 9. The van der Waals surface area contributed by atoms with E-state index >= 15 is 0 Å². The van der Waals surface area contributed by atoms with Gasteiger partial charge in [0.15, 0.2) is 0 Å². The molecule has 0 saturated heterocycles. The second-order valence-corrected chi connectivity index (χ2v) is 5.90. The summed E-state index contributed by atoms with van der Waals surface area (Å²) in [6, 6.07) is -2.86. The lowest BCUT2D eigenvalue weighted by atomic mass is 10.2. The molecule has 152 valence electrons. The minimum absolute atomic E-state index is 0.0312. The third-order valence-electron chi connectivity index (χ3n) is 2.91. The Labute approximate surface area is 158 Å². The third kappa shape index (κ3) is 8.91. The fraction of sp³-hybridized carbons (Fsp3) is 0.500. The third-order valence-corrected chi connectivity index (χ3v) is 3.82. The van der Waals surface area contributed by atoms with Gasteiger partial charge in [-0.2, -0.15) is 0 Å².